The molecular weight excluding hydrogens is 426 g/mol. The van der Waals surface area contributed by atoms with Gasteiger partial charge in [0.2, 0.25) is 15.9 Å². The van der Waals surface area contributed by atoms with Crippen LogP contribution in [-0.2, 0) is 14.8 Å². The number of carbonyl (C=O) groups excluding carboxylic acids is 2. The lowest BCUT2D eigenvalue weighted by Gasteiger charge is -2.37. The number of piperazine rings is 1. The smallest absolute Gasteiger partial charge is 0.253 e. The van der Waals surface area contributed by atoms with Crippen molar-refractivity contribution >= 4 is 21.8 Å². The first-order valence-electron chi connectivity index (χ1n) is 11.0. The van der Waals surface area contributed by atoms with Crippen molar-refractivity contribution in [1.82, 2.24) is 14.1 Å². The second-order valence-corrected chi connectivity index (χ2v) is 10.5. The molecule has 8 heteroatoms. The van der Waals surface area contributed by atoms with Gasteiger partial charge in [-0.25, -0.2) is 8.42 Å². The summed E-state index contributed by atoms with van der Waals surface area (Å²) in [6, 6.07) is 17.7. The zero-order chi connectivity index (χ0) is 22.7. The fourth-order valence-corrected chi connectivity index (χ4v) is 5.27. The highest BCUT2D eigenvalue weighted by Gasteiger charge is 2.33. The number of hydrogen-bond donors (Lipinski definition) is 0. The van der Waals surface area contributed by atoms with E-state index in [-0.39, 0.29) is 17.7 Å². The van der Waals surface area contributed by atoms with E-state index in [2.05, 4.69) is 0 Å². The van der Waals surface area contributed by atoms with E-state index in [0.717, 1.165) is 11.1 Å². The molecule has 0 bridgehead atoms. The van der Waals surface area contributed by atoms with Gasteiger partial charge in [-0.1, -0.05) is 42.5 Å². The van der Waals surface area contributed by atoms with Gasteiger partial charge in [0.05, 0.1) is 6.26 Å². The molecule has 2 amide bonds. The quantitative estimate of drug-likeness (QED) is 0.709. The monoisotopic (exact) mass is 455 g/mol. The average Bonchev–Trinajstić information content (AvgIpc) is 2.83. The largest absolute Gasteiger partial charge is 0.340 e. The first-order chi connectivity index (χ1) is 15.3. The Morgan fingerprint density at radius 1 is 0.750 bits per heavy atom. The Morgan fingerprint density at radius 2 is 1.31 bits per heavy atom. The Morgan fingerprint density at radius 3 is 1.88 bits per heavy atom. The summed E-state index contributed by atoms with van der Waals surface area (Å²) < 4.78 is 24.7. The van der Waals surface area contributed by atoms with E-state index in [4.69, 9.17) is 0 Å². The van der Waals surface area contributed by atoms with Crippen molar-refractivity contribution < 1.29 is 18.0 Å². The molecule has 0 spiro atoms. The van der Waals surface area contributed by atoms with Gasteiger partial charge in [0, 0.05) is 50.7 Å². The molecule has 0 radical (unpaired) electrons. The van der Waals surface area contributed by atoms with Crippen molar-refractivity contribution in [2.24, 2.45) is 5.92 Å². The molecule has 32 heavy (non-hydrogen) atoms. The lowest BCUT2D eigenvalue weighted by Crippen LogP contribution is -2.52. The zero-order valence-corrected chi connectivity index (χ0v) is 19.1. The molecule has 2 saturated heterocycles. The molecule has 2 aromatic carbocycles. The van der Waals surface area contributed by atoms with Crippen molar-refractivity contribution in [2.45, 2.75) is 12.8 Å². The van der Waals surface area contributed by atoms with Crippen LogP contribution >= 0.6 is 0 Å². The van der Waals surface area contributed by atoms with Crippen LogP contribution in [0.15, 0.2) is 54.6 Å². The summed E-state index contributed by atoms with van der Waals surface area (Å²) in [5.74, 6) is -0.0287. The second kappa shape index (κ2) is 9.42. The van der Waals surface area contributed by atoms with E-state index in [1.807, 2.05) is 59.5 Å². The van der Waals surface area contributed by atoms with E-state index >= 15 is 0 Å². The van der Waals surface area contributed by atoms with Crippen molar-refractivity contribution in [2.75, 3.05) is 45.5 Å². The van der Waals surface area contributed by atoms with Crippen molar-refractivity contribution in [3.8, 4) is 11.1 Å². The van der Waals surface area contributed by atoms with Gasteiger partial charge in [-0.3, -0.25) is 9.59 Å². The van der Waals surface area contributed by atoms with E-state index in [1.54, 1.807) is 4.90 Å². The summed E-state index contributed by atoms with van der Waals surface area (Å²) >= 11 is 0. The van der Waals surface area contributed by atoms with Gasteiger partial charge in [-0.2, -0.15) is 4.31 Å². The van der Waals surface area contributed by atoms with E-state index in [1.165, 1.54) is 10.6 Å². The Hall–Kier alpha value is -2.71. The summed E-state index contributed by atoms with van der Waals surface area (Å²) in [6.07, 6.45) is 2.48. The van der Waals surface area contributed by atoms with Crippen LogP contribution in [-0.4, -0.2) is 79.9 Å². The van der Waals surface area contributed by atoms with Gasteiger partial charge in [0.1, 0.15) is 0 Å². The standard InChI is InChI=1S/C24H29N3O4S/c1-32(30,31)27-17-15-26(16-18-27)24(29)22-11-13-25(14-12-22)23(28)21-9-7-20(8-10-21)19-5-3-2-4-6-19/h2-10,22H,11-18H2,1H3. The number of carbonyl (C=O) groups is 2. The van der Waals surface area contributed by atoms with Crippen molar-refractivity contribution in [3.63, 3.8) is 0 Å². The molecule has 2 aliphatic heterocycles. The SMILES string of the molecule is CS(=O)(=O)N1CCN(C(=O)C2CCN(C(=O)c3ccc(-c4ccccc4)cc3)CC2)CC1. The number of likely N-dealkylation sites (tertiary alicyclic amines) is 1. The molecule has 0 unspecified atom stereocenters. The molecule has 2 fully saturated rings. The van der Waals surface area contributed by atoms with Crippen molar-refractivity contribution in [1.29, 1.82) is 0 Å². The topological polar surface area (TPSA) is 78.0 Å². The van der Waals surface area contributed by atoms with Crippen LogP contribution in [0, 0.1) is 5.92 Å². The highest BCUT2D eigenvalue weighted by molar-refractivity contribution is 7.88. The molecule has 0 atom stereocenters. The van der Waals surface area contributed by atoms with Crippen LogP contribution in [0.2, 0.25) is 0 Å². The molecule has 0 saturated carbocycles. The highest BCUT2D eigenvalue weighted by Crippen LogP contribution is 2.24. The lowest BCUT2D eigenvalue weighted by atomic mass is 9.94. The fraction of sp³-hybridized carbons (Fsp3) is 0.417. The number of benzene rings is 2. The lowest BCUT2D eigenvalue weighted by molar-refractivity contribution is -0.138. The highest BCUT2D eigenvalue weighted by atomic mass is 32.2. The summed E-state index contributed by atoms with van der Waals surface area (Å²) in [5, 5.41) is 0. The zero-order valence-electron chi connectivity index (χ0n) is 18.3. The fourth-order valence-electron chi connectivity index (χ4n) is 4.45. The third kappa shape index (κ3) is 5.02. The van der Waals surface area contributed by atoms with Crippen LogP contribution in [0.1, 0.15) is 23.2 Å². The minimum atomic E-state index is -3.21. The van der Waals surface area contributed by atoms with Gasteiger partial charge >= 0.3 is 0 Å². The van der Waals surface area contributed by atoms with Gasteiger partial charge in [-0.05, 0) is 36.1 Å². The minimum absolute atomic E-state index is 0.00252. The third-order valence-corrected chi connectivity index (χ3v) is 7.69. The molecule has 0 aromatic heterocycles. The molecule has 2 aromatic rings. The predicted octanol–water partition coefficient (Wildman–Crippen LogP) is 2.31. The maximum Gasteiger partial charge on any atom is 0.253 e. The Balaban J connectivity index is 1.30. The van der Waals surface area contributed by atoms with Crippen molar-refractivity contribution in [3.05, 3.63) is 60.2 Å². The van der Waals surface area contributed by atoms with Gasteiger partial charge < -0.3 is 9.80 Å². The summed E-state index contributed by atoms with van der Waals surface area (Å²) in [4.78, 5) is 29.4. The average molecular weight is 456 g/mol. The van der Waals surface area contributed by atoms with Crippen LogP contribution in [0.5, 0.6) is 0 Å². The Bertz CT molecular complexity index is 1050. The molecule has 2 heterocycles. The Labute approximate surface area is 189 Å². The Kier molecular flexibility index (Phi) is 6.62. The first-order valence-corrected chi connectivity index (χ1v) is 12.9. The summed E-state index contributed by atoms with van der Waals surface area (Å²) in [5.41, 5.74) is 2.84. The molecule has 4 rings (SSSR count). The third-order valence-electron chi connectivity index (χ3n) is 6.39. The summed E-state index contributed by atoms with van der Waals surface area (Å²) in [6.45, 7) is 2.66. The first kappa shape index (κ1) is 22.5. The molecular formula is C24H29N3O4S. The molecule has 0 N–H and O–H groups in total. The predicted molar refractivity (Wildman–Crippen MR) is 124 cm³/mol. The van der Waals surface area contributed by atoms with Gasteiger partial charge in [0.15, 0.2) is 0 Å². The molecule has 0 aliphatic carbocycles. The number of sulfonamides is 1. The van der Waals surface area contributed by atoms with Crippen LogP contribution < -0.4 is 0 Å². The number of amides is 2. The van der Waals surface area contributed by atoms with Gasteiger partial charge in [-0.15, -0.1) is 0 Å². The molecule has 170 valence electrons. The normalized spacial score (nSPS) is 18.5. The van der Waals surface area contributed by atoms with E-state index in [9.17, 15) is 18.0 Å². The minimum Gasteiger partial charge on any atom is -0.340 e. The van der Waals surface area contributed by atoms with Crippen LogP contribution in [0.4, 0.5) is 0 Å². The maximum atomic E-state index is 12.9. The van der Waals surface area contributed by atoms with Crippen LogP contribution in [0.3, 0.4) is 0 Å². The van der Waals surface area contributed by atoms with Crippen LogP contribution in [0.25, 0.3) is 11.1 Å². The second-order valence-electron chi connectivity index (χ2n) is 8.50. The molecule has 2 aliphatic rings. The van der Waals surface area contributed by atoms with E-state index < -0.39 is 10.0 Å². The van der Waals surface area contributed by atoms with Gasteiger partial charge in [0.25, 0.3) is 5.91 Å². The maximum absolute atomic E-state index is 12.9. The summed E-state index contributed by atoms with van der Waals surface area (Å²) in [7, 11) is -3.21. The number of piperidine rings is 1. The number of hydrogen-bond acceptors (Lipinski definition) is 4. The van der Waals surface area contributed by atoms with E-state index in [0.29, 0.717) is 57.7 Å². The molecule has 7 nitrogen and oxygen atoms in total. The number of nitrogens with zero attached hydrogens (tertiary/aromatic N) is 3. The number of rotatable bonds is 4.